The monoisotopic (exact) mass is 425 g/mol. The van der Waals surface area contributed by atoms with Crippen LogP contribution >= 0.6 is 12.2 Å². The lowest BCUT2D eigenvalue weighted by atomic mass is 10.1. The van der Waals surface area contributed by atoms with Gasteiger partial charge in [-0.25, -0.2) is 0 Å². The number of hydrogen-bond donors (Lipinski definition) is 1. The minimum absolute atomic E-state index is 0.180. The number of rotatable bonds is 7. The molecular formula is C24H31N3O2S. The molecule has 0 radical (unpaired) electrons. The third kappa shape index (κ3) is 6.82. The summed E-state index contributed by atoms with van der Waals surface area (Å²) in [6.45, 7) is 9.44. The van der Waals surface area contributed by atoms with Gasteiger partial charge in [0.1, 0.15) is 5.75 Å². The molecule has 160 valence electrons. The van der Waals surface area contributed by atoms with Crippen LogP contribution in [-0.4, -0.2) is 53.6 Å². The maximum absolute atomic E-state index is 12.5. The fourth-order valence-electron chi connectivity index (χ4n) is 3.31. The van der Waals surface area contributed by atoms with Crippen LogP contribution in [0.15, 0.2) is 54.6 Å². The fourth-order valence-corrected chi connectivity index (χ4v) is 3.59. The smallest absolute Gasteiger partial charge is 0.257 e. The molecule has 0 saturated carbocycles. The summed E-state index contributed by atoms with van der Waals surface area (Å²) in [4.78, 5) is 17.0. The van der Waals surface area contributed by atoms with E-state index in [9.17, 15) is 4.79 Å². The minimum atomic E-state index is -0.180. The first-order chi connectivity index (χ1) is 14.5. The lowest BCUT2D eigenvalue weighted by molar-refractivity contribution is 0.0969. The van der Waals surface area contributed by atoms with E-state index < -0.39 is 0 Å². The SMILES string of the molecule is CC(C)CCOc1ccc(C(=O)NC(=S)N2CCN(Cc3ccccc3)CC2)cc1. The van der Waals surface area contributed by atoms with Crippen LogP contribution in [0.3, 0.4) is 0 Å². The zero-order valence-corrected chi connectivity index (χ0v) is 18.7. The second-order valence-electron chi connectivity index (χ2n) is 8.06. The molecule has 1 saturated heterocycles. The first-order valence-corrected chi connectivity index (χ1v) is 11.0. The van der Waals surface area contributed by atoms with Crippen LogP contribution in [0.5, 0.6) is 5.75 Å². The molecule has 0 aromatic heterocycles. The van der Waals surface area contributed by atoms with Crippen LogP contribution in [0.4, 0.5) is 0 Å². The quantitative estimate of drug-likeness (QED) is 0.681. The molecule has 2 aromatic rings. The lowest BCUT2D eigenvalue weighted by Gasteiger charge is -2.36. The number of amides is 1. The molecule has 30 heavy (non-hydrogen) atoms. The first-order valence-electron chi connectivity index (χ1n) is 10.6. The van der Waals surface area contributed by atoms with Crippen molar-refractivity contribution in [1.82, 2.24) is 15.1 Å². The van der Waals surface area contributed by atoms with Crippen molar-refractivity contribution in [2.75, 3.05) is 32.8 Å². The molecule has 5 nitrogen and oxygen atoms in total. The standard InChI is InChI=1S/C24H31N3O2S/c1-19(2)12-17-29-22-10-8-21(9-11-22)23(28)25-24(30)27-15-13-26(14-16-27)18-20-6-4-3-5-7-20/h3-11,19H,12-18H2,1-2H3,(H,25,28,30). The zero-order chi connectivity index (χ0) is 21.3. The number of benzene rings is 2. The molecule has 0 unspecified atom stereocenters. The van der Waals surface area contributed by atoms with Gasteiger partial charge < -0.3 is 9.64 Å². The number of nitrogens with one attached hydrogen (secondary N) is 1. The molecule has 0 atom stereocenters. The summed E-state index contributed by atoms with van der Waals surface area (Å²) in [6, 6.07) is 17.7. The summed E-state index contributed by atoms with van der Waals surface area (Å²) in [7, 11) is 0. The van der Waals surface area contributed by atoms with Gasteiger partial charge in [0.05, 0.1) is 6.61 Å². The summed E-state index contributed by atoms with van der Waals surface area (Å²) in [5.74, 6) is 1.21. The van der Waals surface area contributed by atoms with E-state index >= 15 is 0 Å². The molecule has 6 heteroatoms. The highest BCUT2D eigenvalue weighted by atomic mass is 32.1. The highest BCUT2D eigenvalue weighted by molar-refractivity contribution is 7.80. The van der Waals surface area contributed by atoms with Gasteiger partial charge >= 0.3 is 0 Å². The van der Waals surface area contributed by atoms with E-state index in [2.05, 4.69) is 53.2 Å². The molecule has 0 aliphatic carbocycles. The van der Waals surface area contributed by atoms with Crippen molar-refractivity contribution < 1.29 is 9.53 Å². The summed E-state index contributed by atoms with van der Waals surface area (Å²) in [5, 5.41) is 3.36. The number of nitrogens with zero attached hydrogens (tertiary/aromatic N) is 2. The van der Waals surface area contributed by atoms with Gasteiger partial charge in [-0.1, -0.05) is 44.2 Å². The summed E-state index contributed by atoms with van der Waals surface area (Å²) < 4.78 is 5.71. The Hall–Kier alpha value is -2.44. The van der Waals surface area contributed by atoms with Gasteiger partial charge in [0.2, 0.25) is 0 Å². The molecule has 3 rings (SSSR count). The average molecular weight is 426 g/mol. The number of piperazine rings is 1. The van der Waals surface area contributed by atoms with E-state index in [1.807, 2.05) is 18.2 Å². The van der Waals surface area contributed by atoms with Crippen LogP contribution in [0, 0.1) is 5.92 Å². The molecule has 1 amide bonds. The van der Waals surface area contributed by atoms with Gasteiger partial charge in [-0.05, 0) is 54.4 Å². The molecular weight excluding hydrogens is 394 g/mol. The third-order valence-electron chi connectivity index (χ3n) is 5.21. The van der Waals surface area contributed by atoms with Crippen molar-refractivity contribution in [2.24, 2.45) is 5.92 Å². The van der Waals surface area contributed by atoms with E-state index in [1.165, 1.54) is 5.56 Å². The second-order valence-corrected chi connectivity index (χ2v) is 8.45. The Morgan fingerprint density at radius 3 is 2.33 bits per heavy atom. The second kappa shape index (κ2) is 11.1. The molecule has 2 aromatic carbocycles. The van der Waals surface area contributed by atoms with Crippen LogP contribution in [0.2, 0.25) is 0 Å². The van der Waals surface area contributed by atoms with Gasteiger partial charge in [-0.2, -0.15) is 0 Å². The molecule has 0 spiro atoms. The van der Waals surface area contributed by atoms with Crippen molar-refractivity contribution in [3.63, 3.8) is 0 Å². The Balaban J connectivity index is 1.43. The Kier molecular flexibility index (Phi) is 8.22. The Morgan fingerprint density at radius 2 is 1.70 bits per heavy atom. The maximum atomic E-state index is 12.5. The van der Waals surface area contributed by atoms with Crippen LogP contribution in [0.25, 0.3) is 0 Å². The van der Waals surface area contributed by atoms with Crippen molar-refractivity contribution in [3.05, 3.63) is 65.7 Å². The van der Waals surface area contributed by atoms with Gasteiger partial charge in [-0.3, -0.25) is 15.0 Å². The summed E-state index contributed by atoms with van der Waals surface area (Å²) in [6.07, 6.45) is 1.01. The Labute approximate surface area is 185 Å². The topological polar surface area (TPSA) is 44.8 Å². The van der Waals surface area contributed by atoms with Crippen molar-refractivity contribution in [3.8, 4) is 5.75 Å². The van der Waals surface area contributed by atoms with Crippen LogP contribution in [-0.2, 0) is 6.54 Å². The molecule has 1 fully saturated rings. The predicted molar refractivity (Wildman–Crippen MR) is 125 cm³/mol. The normalized spacial score (nSPS) is 14.6. The van der Waals surface area contributed by atoms with Crippen molar-refractivity contribution in [1.29, 1.82) is 0 Å². The molecule has 1 N–H and O–H groups in total. The Morgan fingerprint density at radius 1 is 1.03 bits per heavy atom. The first kappa shape index (κ1) is 22.2. The highest BCUT2D eigenvalue weighted by Gasteiger charge is 2.20. The fraction of sp³-hybridized carbons (Fsp3) is 0.417. The van der Waals surface area contributed by atoms with Gasteiger partial charge in [-0.15, -0.1) is 0 Å². The number of carbonyl (C=O) groups excluding carboxylic acids is 1. The summed E-state index contributed by atoms with van der Waals surface area (Å²) >= 11 is 5.48. The van der Waals surface area contributed by atoms with E-state index in [0.29, 0.717) is 23.2 Å². The predicted octanol–water partition coefficient (Wildman–Crippen LogP) is 3.94. The zero-order valence-electron chi connectivity index (χ0n) is 17.8. The summed E-state index contributed by atoms with van der Waals surface area (Å²) in [5.41, 5.74) is 1.90. The Bertz CT molecular complexity index is 816. The number of hydrogen-bond acceptors (Lipinski definition) is 4. The van der Waals surface area contributed by atoms with E-state index in [0.717, 1.165) is 44.9 Å². The molecule has 1 aliphatic rings. The van der Waals surface area contributed by atoms with Crippen molar-refractivity contribution in [2.45, 2.75) is 26.8 Å². The molecule has 0 bridgehead atoms. The van der Waals surface area contributed by atoms with E-state index in [-0.39, 0.29) is 5.91 Å². The van der Waals surface area contributed by atoms with Crippen molar-refractivity contribution >= 4 is 23.2 Å². The lowest BCUT2D eigenvalue weighted by Crippen LogP contribution is -2.52. The average Bonchev–Trinajstić information content (AvgIpc) is 2.75. The van der Waals surface area contributed by atoms with E-state index in [4.69, 9.17) is 17.0 Å². The number of thiocarbonyl (C=S) groups is 1. The van der Waals surface area contributed by atoms with Crippen LogP contribution in [0.1, 0.15) is 36.2 Å². The van der Waals surface area contributed by atoms with Crippen LogP contribution < -0.4 is 10.1 Å². The van der Waals surface area contributed by atoms with Gasteiger partial charge in [0.15, 0.2) is 5.11 Å². The number of carbonyl (C=O) groups is 1. The maximum Gasteiger partial charge on any atom is 0.257 e. The molecule has 1 heterocycles. The third-order valence-corrected chi connectivity index (χ3v) is 5.57. The highest BCUT2D eigenvalue weighted by Crippen LogP contribution is 2.14. The molecule has 1 aliphatic heterocycles. The van der Waals surface area contributed by atoms with Gasteiger partial charge in [0, 0.05) is 38.3 Å². The van der Waals surface area contributed by atoms with E-state index in [1.54, 1.807) is 12.1 Å². The number of ether oxygens (including phenoxy) is 1. The van der Waals surface area contributed by atoms with Gasteiger partial charge in [0.25, 0.3) is 5.91 Å². The largest absolute Gasteiger partial charge is 0.494 e. The minimum Gasteiger partial charge on any atom is -0.494 e.